The minimum atomic E-state index is -0.552. The summed E-state index contributed by atoms with van der Waals surface area (Å²) >= 11 is 5.83. The zero-order valence-corrected chi connectivity index (χ0v) is 9.64. The minimum absolute atomic E-state index is 0.102. The Kier molecular flexibility index (Phi) is 3.03. The van der Waals surface area contributed by atoms with E-state index >= 15 is 0 Å². The molecule has 88 valence electrons. The van der Waals surface area contributed by atoms with Gasteiger partial charge < -0.3 is 0 Å². The van der Waals surface area contributed by atoms with E-state index in [1.165, 1.54) is 13.2 Å². The third-order valence-electron chi connectivity index (χ3n) is 1.92. The number of hydrazine groups is 1. The predicted molar refractivity (Wildman–Crippen MR) is 63.5 cm³/mol. The first-order chi connectivity index (χ1) is 8.06. The maximum Gasteiger partial charge on any atom is 0.349 e. The maximum atomic E-state index is 11.3. The minimum Gasteiger partial charge on any atom is -0.288 e. The molecule has 0 spiro atoms. The number of anilines is 1. The van der Waals surface area contributed by atoms with Crippen molar-refractivity contribution in [1.82, 2.24) is 19.9 Å². The van der Waals surface area contributed by atoms with E-state index in [1.54, 1.807) is 12.1 Å². The summed E-state index contributed by atoms with van der Waals surface area (Å²) < 4.78 is 0. The second-order valence-electron chi connectivity index (χ2n) is 3.27. The molecule has 0 amide bonds. The van der Waals surface area contributed by atoms with Crippen LogP contribution >= 0.6 is 11.6 Å². The fraction of sp³-hybridized carbons (Fsp3) is 0.111. The van der Waals surface area contributed by atoms with E-state index < -0.39 is 5.69 Å². The van der Waals surface area contributed by atoms with Gasteiger partial charge in [-0.3, -0.25) is 15.0 Å². The zero-order valence-electron chi connectivity index (χ0n) is 8.88. The highest BCUT2D eigenvalue weighted by atomic mass is 35.5. The normalized spacial score (nSPS) is 10.3. The number of nitrogens with zero attached hydrogens (tertiary/aromatic N) is 4. The molecule has 7 nitrogen and oxygen atoms in total. The first-order valence-corrected chi connectivity index (χ1v) is 5.03. The monoisotopic (exact) mass is 252 g/mol. The molecule has 2 rings (SSSR count). The van der Waals surface area contributed by atoms with Crippen molar-refractivity contribution < 1.29 is 0 Å². The number of hydrogen-bond donors (Lipinski definition) is 2. The van der Waals surface area contributed by atoms with Gasteiger partial charge in [-0.05, 0) is 12.1 Å². The summed E-state index contributed by atoms with van der Waals surface area (Å²) in [6.07, 6.45) is 1.52. The number of aromatic amines is 1. The Hall–Kier alpha value is -1.99. The van der Waals surface area contributed by atoms with Gasteiger partial charge in [-0.15, -0.1) is 0 Å². The Morgan fingerprint density at radius 1 is 1.47 bits per heavy atom. The van der Waals surface area contributed by atoms with Gasteiger partial charge in [0.15, 0.2) is 5.82 Å². The maximum absolute atomic E-state index is 11.3. The molecule has 17 heavy (non-hydrogen) atoms. The van der Waals surface area contributed by atoms with Crippen LogP contribution in [-0.4, -0.2) is 27.0 Å². The van der Waals surface area contributed by atoms with Crippen molar-refractivity contribution in [2.24, 2.45) is 5.84 Å². The molecule has 2 aromatic heterocycles. The fourth-order valence-corrected chi connectivity index (χ4v) is 1.35. The molecule has 0 saturated heterocycles. The van der Waals surface area contributed by atoms with Gasteiger partial charge in [0.2, 0.25) is 5.95 Å². The second kappa shape index (κ2) is 4.48. The summed E-state index contributed by atoms with van der Waals surface area (Å²) in [6.45, 7) is 0. The van der Waals surface area contributed by atoms with E-state index in [2.05, 4.69) is 19.9 Å². The van der Waals surface area contributed by atoms with Crippen LogP contribution < -0.4 is 16.5 Å². The molecule has 0 unspecified atom stereocenters. The summed E-state index contributed by atoms with van der Waals surface area (Å²) in [7, 11) is 1.53. The van der Waals surface area contributed by atoms with E-state index in [1.807, 2.05) is 0 Å². The summed E-state index contributed by atoms with van der Waals surface area (Å²) in [5.74, 6) is 5.83. The molecule has 2 heterocycles. The Morgan fingerprint density at radius 2 is 2.24 bits per heavy atom. The van der Waals surface area contributed by atoms with Gasteiger partial charge in [0.25, 0.3) is 0 Å². The zero-order chi connectivity index (χ0) is 12.4. The van der Waals surface area contributed by atoms with Crippen molar-refractivity contribution >= 4 is 17.5 Å². The SMILES string of the molecule is CN(N)c1nc(-c2cc(Cl)ccn2)[nH]c(=O)n1. The van der Waals surface area contributed by atoms with Crippen LogP contribution in [0.4, 0.5) is 5.95 Å². The topological polar surface area (TPSA) is 101 Å². The molecular weight excluding hydrogens is 244 g/mol. The van der Waals surface area contributed by atoms with Crippen LogP contribution in [0.15, 0.2) is 23.1 Å². The molecule has 8 heteroatoms. The summed E-state index contributed by atoms with van der Waals surface area (Å²) in [4.78, 5) is 25.5. The highest BCUT2D eigenvalue weighted by molar-refractivity contribution is 6.30. The van der Waals surface area contributed by atoms with Crippen LogP contribution in [0.3, 0.4) is 0 Å². The Balaban J connectivity index is 2.56. The van der Waals surface area contributed by atoms with Crippen LogP contribution in [-0.2, 0) is 0 Å². The number of hydrogen-bond acceptors (Lipinski definition) is 6. The van der Waals surface area contributed by atoms with Gasteiger partial charge >= 0.3 is 5.69 Å². The highest BCUT2D eigenvalue weighted by Crippen LogP contribution is 2.16. The molecule has 0 aromatic carbocycles. The molecule has 0 bridgehead atoms. The lowest BCUT2D eigenvalue weighted by Gasteiger charge is -2.09. The largest absolute Gasteiger partial charge is 0.349 e. The summed E-state index contributed by atoms with van der Waals surface area (Å²) in [5.41, 5.74) is -0.107. The lowest BCUT2D eigenvalue weighted by atomic mass is 10.3. The number of H-pyrrole nitrogens is 1. The van der Waals surface area contributed by atoms with E-state index in [-0.39, 0.29) is 11.8 Å². The summed E-state index contributed by atoms with van der Waals surface area (Å²) in [6, 6.07) is 3.21. The quantitative estimate of drug-likeness (QED) is 0.585. The number of nitrogens with two attached hydrogens (primary N) is 1. The van der Waals surface area contributed by atoms with Crippen LogP contribution in [0.25, 0.3) is 11.5 Å². The number of aromatic nitrogens is 4. The molecule has 0 saturated carbocycles. The van der Waals surface area contributed by atoms with Gasteiger partial charge in [0, 0.05) is 18.3 Å². The van der Waals surface area contributed by atoms with Crippen molar-refractivity contribution in [3.05, 3.63) is 33.8 Å². The average Bonchev–Trinajstić information content (AvgIpc) is 2.28. The number of nitrogens with one attached hydrogen (secondary N) is 1. The smallest absolute Gasteiger partial charge is 0.288 e. The number of halogens is 1. The second-order valence-corrected chi connectivity index (χ2v) is 3.71. The van der Waals surface area contributed by atoms with Crippen LogP contribution in [0.5, 0.6) is 0 Å². The van der Waals surface area contributed by atoms with Crippen LogP contribution in [0.1, 0.15) is 0 Å². The van der Waals surface area contributed by atoms with Crippen molar-refractivity contribution in [2.45, 2.75) is 0 Å². The molecule has 2 aromatic rings. The Morgan fingerprint density at radius 3 is 2.88 bits per heavy atom. The molecule has 0 aliphatic rings. The average molecular weight is 253 g/mol. The number of pyridine rings is 1. The fourth-order valence-electron chi connectivity index (χ4n) is 1.19. The molecule has 0 aliphatic carbocycles. The van der Waals surface area contributed by atoms with Gasteiger partial charge in [-0.2, -0.15) is 9.97 Å². The Bertz CT molecular complexity index is 596. The third-order valence-corrected chi connectivity index (χ3v) is 2.15. The van der Waals surface area contributed by atoms with Gasteiger partial charge in [0.1, 0.15) is 5.69 Å². The molecular formula is C9H9ClN6O. The van der Waals surface area contributed by atoms with Crippen molar-refractivity contribution in [2.75, 3.05) is 12.1 Å². The molecule has 3 N–H and O–H groups in total. The molecule has 0 aliphatic heterocycles. The van der Waals surface area contributed by atoms with E-state index in [4.69, 9.17) is 17.4 Å². The van der Waals surface area contributed by atoms with Gasteiger partial charge in [-0.25, -0.2) is 10.6 Å². The highest BCUT2D eigenvalue weighted by Gasteiger charge is 2.08. The lowest BCUT2D eigenvalue weighted by Crippen LogP contribution is -2.30. The standard InChI is InChI=1S/C9H9ClN6O/c1-16(11)8-13-7(14-9(17)15-8)6-4-5(10)2-3-12-6/h2-4H,11H2,1H3,(H,13,14,15,17). The third kappa shape index (κ3) is 2.58. The van der Waals surface area contributed by atoms with E-state index in [0.717, 1.165) is 5.01 Å². The van der Waals surface area contributed by atoms with Crippen molar-refractivity contribution in [3.8, 4) is 11.5 Å². The van der Waals surface area contributed by atoms with Crippen LogP contribution in [0, 0.1) is 0 Å². The van der Waals surface area contributed by atoms with Crippen LogP contribution in [0.2, 0.25) is 5.02 Å². The molecule has 0 radical (unpaired) electrons. The lowest BCUT2D eigenvalue weighted by molar-refractivity contribution is 0.883. The van der Waals surface area contributed by atoms with Gasteiger partial charge in [0.05, 0.1) is 0 Å². The predicted octanol–water partition coefficient (Wildman–Crippen LogP) is 0.190. The molecule has 0 atom stereocenters. The number of rotatable bonds is 2. The van der Waals surface area contributed by atoms with Crippen molar-refractivity contribution in [1.29, 1.82) is 0 Å². The van der Waals surface area contributed by atoms with Crippen molar-refractivity contribution in [3.63, 3.8) is 0 Å². The first-order valence-electron chi connectivity index (χ1n) is 4.65. The van der Waals surface area contributed by atoms with E-state index in [0.29, 0.717) is 10.7 Å². The van der Waals surface area contributed by atoms with Gasteiger partial charge in [-0.1, -0.05) is 11.6 Å². The summed E-state index contributed by atoms with van der Waals surface area (Å²) in [5, 5.41) is 1.64. The Labute approximate surface area is 101 Å². The van der Waals surface area contributed by atoms with E-state index in [9.17, 15) is 4.79 Å². The first kappa shape index (κ1) is 11.5. The molecule has 0 fully saturated rings.